The largest absolute Gasteiger partial charge is 0.437 e. The van der Waals surface area contributed by atoms with Crippen LogP contribution in [-0.4, -0.2) is 0 Å². The van der Waals surface area contributed by atoms with Crippen molar-refractivity contribution in [2.45, 2.75) is 0 Å². The van der Waals surface area contributed by atoms with E-state index in [9.17, 15) is 0 Å². The van der Waals surface area contributed by atoms with Crippen molar-refractivity contribution < 1.29 is 4.18 Å². The van der Waals surface area contributed by atoms with Gasteiger partial charge in [-0.25, -0.2) is 0 Å². The van der Waals surface area contributed by atoms with E-state index < -0.39 is 0 Å². The van der Waals surface area contributed by atoms with Crippen LogP contribution in [0.5, 0.6) is 0 Å². The predicted molar refractivity (Wildman–Crippen MR) is 47.7 cm³/mol. The van der Waals surface area contributed by atoms with Crippen molar-refractivity contribution in [1.29, 1.82) is 0 Å². The molecule has 0 aliphatic carbocycles. The van der Waals surface area contributed by atoms with Gasteiger partial charge in [-0.1, -0.05) is 31.4 Å². The second kappa shape index (κ2) is 6.23. The maximum absolute atomic E-state index is 4.36. The zero-order chi connectivity index (χ0) is 7.82. The first-order valence-electron chi connectivity index (χ1n) is 2.76. The van der Waals surface area contributed by atoms with E-state index in [1.807, 2.05) is 6.08 Å². The molecule has 0 aromatic carbocycles. The third-order valence-corrected chi connectivity index (χ3v) is 0.945. The Hall–Kier alpha value is -0.890. The summed E-state index contributed by atoms with van der Waals surface area (Å²) in [5.74, 6) is 0. The molecule has 0 saturated carbocycles. The van der Waals surface area contributed by atoms with E-state index in [0.29, 0.717) is 0 Å². The van der Waals surface area contributed by atoms with E-state index in [1.54, 1.807) is 18.2 Å². The van der Waals surface area contributed by atoms with Gasteiger partial charge in [0.1, 0.15) is 6.26 Å². The topological polar surface area (TPSA) is 9.23 Å². The van der Waals surface area contributed by atoms with Gasteiger partial charge in [0.2, 0.25) is 0 Å². The zero-order valence-corrected chi connectivity index (χ0v) is 6.55. The Morgan fingerprint density at radius 1 is 1.40 bits per heavy atom. The lowest BCUT2D eigenvalue weighted by atomic mass is 10.3. The van der Waals surface area contributed by atoms with Crippen LogP contribution in [0.25, 0.3) is 0 Å². The minimum Gasteiger partial charge on any atom is -0.437 e. The Morgan fingerprint density at radius 2 is 2.10 bits per heavy atom. The highest BCUT2D eigenvalue weighted by atomic mass is 32.1. The molecule has 0 spiro atoms. The predicted octanol–water partition coefficient (Wildman–Crippen LogP) is 2.66. The molecule has 54 valence electrons. The number of thiol groups is 1. The summed E-state index contributed by atoms with van der Waals surface area (Å²) in [5.41, 5.74) is 0.865. The summed E-state index contributed by atoms with van der Waals surface area (Å²) in [7, 11) is 0. The van der Waals surface area contributed by atoms with Crippen LogP contribution in [0.15, 0.2) is 49.3 Å². The molecule has 0 saturated heterocycles. The van der Waals surface area contributed by atoms with Crippen molar-refractivity contribution >= 4 is 12.9 Å². The zero-order valence-electron chi connectivity index (χ0n) is 5.66. The highest BCUT2D eigenvalue weighted by Gasteiger charge is 1.72. The van der Waals surface area contributed by atoms with E-state index in [-0.39, 0.29) is 0 Å². The second-order valence-electron chi connectivity index (χ2n) is 1.57. The van der Waals surface area contributed by atoms with E-state index in [4.69, 9.17) is 0 Å². The van der Waals surface area contributed by atoms with Gasteiger partial charge in [-0.15, -0.1) is 0 Å². The van der Waals surface area contributed by atoms with Gasteiger partial charge in [0.05, 0.1) is 0 Å². The van der Waals surface area contributed by atoms with E-state index >= 15 is 0 Å². The first-order chi connectivity index (χ1) is 4.81. The van der Waals surface area contributed by atoms with Gasteiger partial charge < -0.3 is 4.18 Å². The van der Waals surface area contributed by atoms with Crippen LogP contribution in [-0.2, 0) is 4.18 Å². The van der Waals surface area contributed by atoms with E-state index in [2.05, 4.69) is 30.3 Å². The van der Waals surface area contributed by atoms with Crippen LogP contribution in [0, 0.1) is 0 Å². The Bertz CT molecular complexity index is 168. The van der Waals surface area contributed by atoms with Gasteiger partial charge in [-0.2, -0.15) is 0 Å². The maximum atomic E-state index is 4.36. The monoisotopic (exact) mass is 154 g/mol. The van der Waals surface area contributed by atoms with Gasteiger partial charge in [-0.3, -0.25) is 0 Å². The highest BCUT2D eigenvalue weighted by Crippen LogP contribution is 1.93. The molecule has 1 nitrogen and oxygen atoms in total. The molecule has 0 aromatic rings. The molecule has 0 N–H and O–H groups in total. The lowest BCUT2D eigenvalue weighted by Gasteiger charge is -1.83. The van der Waals surface area contributed by atoms with Crippen molar-refractivity contribution in [2.24, 2.45) is 0 Å². The van der Waals surface area contributed by atoms with Crippen molar-refractivity contribution in [1.82, 2.24) is 0 Å². The lowest BCUT2D eigenvalue weighted by molar-refractivity contribution is 0.578. The van der Waals surface area contributed by atoms with Crippen LogP contribution in [0.3, 0.4) is 0 Å². The van der Waals surface area contributed by atoms with Crippen molar-refractivity contribution in [3.8, 4) is 0 Å². The molecule has 0 fully saturated rings. The second-order valence-corrected chi connectivity index (χ2v) is 1.78. The first-order valence-corrected chi connectivity index (χ1v) is 3.12. The highest BCUT2D eigenvalue weighted by molar-refractivity contribution is 7.75. The molecule has 10 heavy (non-hydrogen) atoms. The van der Waals surface area contributed by atoms with E-state index in [0.717, 1.165) is 5.57 Å². The fourth-order valence-electron chi connectivity index (χ4n) is 0.328. The number of hydrogen-bond acceptors (Lipinski definition) is 2. The minimum atomic E-state index is 0.865. The summed E-state index contributed by atoms with van der Waals surface area (Å²) in [6.45, 7) is 7.21. The van der Waals surface area contributed by atoms with Gasteiger partial charge in [0.25, 0.3) is 0 Å². The number of hydrogen-bond donors (Lipinski definition) is 1. The third-order valence-electron chi connectivity index (χ3n) is 0.823. The Labute approximate surface area is 67.0 Å². The molecule has 0 unspecified atom stereocenters. The quantitative estimate of drug-likeness (QED) is 0.283. The fourth-order valence-corrected chi connectivity index (χ4v) is 0.398. The molecule has 0 heterocycles. The SMILES string of the molecule is C=CC(=C)/C=C\C=C/OS. The standard InChI is InChI=1S/C8H10OS/c1-3-8(2)6-4-5-7-9-10/h3-7,10H,1-2H2/b6-4-,7-5-. The Kier molecular flexibility index (Phi) is 5.68. The molecule has 0 aromatic heterocycles. The van der Waals surface area contributed by atoms with Crippen LogP contribution < -0.4 is 0 Å². The van der Waals surface area contributed by atoms with Crippen LogP contribution in [0.1, 0.15) is 0 Å². The molecule has 0 bridgehead atoms. The van der Waals surface area contributed by atoms with Gasteiger partial charge >= 0.3 is 0 Å². The smallest absolute Gasteiger partial charge is 0.101 e. The van der Waals surface area contributed by atoms with Gasteiger partial charge in [0, 0.05) is 12.9 Å². The summed E-state index contributed by atoms with van der Waals surface area (Å²) < 4.78 is 4.36. The number of allylic oxidation sites excluding steroid dienone is 5. The molecule has 2 heteroatoms. The van der Waals surface area contributed by atoms with Crippen molar-refractivity contribution in [3.05, 3.63) is 49.3 Å². The molecular formula is C8H10OS. The summed E-state index contributed by atoms with van der Waals surface area (Å²) >= 11 is 3.50. The lowest BCUT2D eigenvalue weighted by Crippen LogP contribution is -1.61. The molecule has 0 atom stereocenters. The third kappa shape index (κ3) is 5.25. The molecule has 0 aliphatic heterocycles. The fraction of sp³-hybridized carbons (Fsp3) is 0. The maximum Gasteiger partial charge on any atom is 0.101 e. The first kappa shape index (κ1) is 9.11. The van der Waals surface area contributed by atoms with Crippen LogP contribution in [0.2, 0.25) is 0 Å². The molecule has 0 radical (unpaired) electrons. The van der Waals surface area contributed by atoms with E-state index in [1.165, 1.54) is 6.26 Å². The minimum absolute atomic E-state index is 0.865. The average molecular weight is 154 g/mol. The summed E-state index contributed by atoms with van der Waals surface area (Å²) in [5, 5.41) is 0. The molecule has 0 amide bonds. The molecular weight excluding hydrogens is 144 g/mol. The van der Waals surface area contributed by atoms with Crippen LogP contribution >= 0.6 is 12.9 Å². The molecule has 0 rings (SSSR count). The van der Waals surface area contributed by atoms with Gasteiger partial charge in [-0.05, 0) is 11.6 Å². The summed E-state index contributed by atoms with van der Waals surface area (Å²) in [4.78, 5) is 0. The normalized spacial score (nSPS) is 10.5. The van der Waals surface area contributed by atoms with Gasteiger partial charge in [0.15, 0.2) is 0 Å². The number of rotatable bonds is 4. The van der Waals surface area contributed by atoms with Crippen molar-refractivity contribution in [3.63, 3.8) is 0 Å². The molecule has 0 aliphatic rings. The Morgan fingerprint density at radius 3 is 2.60 bits per heavy atom. The average Bonchev–Trinajstić information content (AvgIpc) is 1.98. The van der Waals surface area contributed by atoms with Crippen molar-refractivity contribution in [2.75, 3.05) is 0 Å². The van der Waals surface area contributed by atoms with Crippen LogP contribution in [0.4, 0.5) is 0 Å². The Balaban J connectivity index is 3.65. The summed E-state index contributed by atoms with van der Waals surface area (Å²) in [6.07, 6.45) is 8.44. The summed E-state index contributed by atoms with van der Waals surface area (Å²) in [6, 6.07) is 0.